The minimum atomic E-state index is -1.28. The van der Waals surface area contributed by atoms with E-state index in [2.05, 4.69) is 22.6 Å². The van der Waals surface area contributed by atoms with Crippen LogP contribution in [0.25, 0.3) is 10.9 Å². The molecular formula is C20H23IN2O5. The summed E-state index contributed by atoms with van der Waals surface area (Å²) in [5.74, 6) is -2.09. The first-order valence-corrected chi connectivity index (χ1v) is 9.83. The summed E-state index contributed by atoms with van der Waals surface area (Å²) in [5, 5.41) is 17.7. The number of aromatic nitrogens is 1. The third kappa shape index (κ3) is 5.40. The molecule has 0 spiro atoms. The van der Waals surface area contributed by atoms with Crippen LogP contribution >= 0.6 is 22.6 Å². The lowest BCUT2D eigenvalue weighted by molar-refractivity contribution is -0.146. The van der Waals surface area contributed by atoms with E-state index < -0.39 is 23.0 Å². The maximum absolute atomic E-state index is 12.5. The third-order valence-corrected chi connectivity index (χ3v) is 4.65. The van der Waals surface area contributed by atoms with Gasteiger partial charge in [-0.25, -0.2) is 9.59 Å². The molecule has 0 bridgehead atoms. The van der Waals surface area contributed by atoms with Gasteiger partial charge in [0.2, 0.25) is 5.43 Å². The average Bonchev–Trinajstić information content (AvgIpc) is 2.55. The van der Waals surface area contributed by atoms with Crippen molar-refractivity contribution in [3.63, 3.8) is 0 Å². The molecule has 1 aromatic heterocycles. The Morgan fingerprint density at radius 3 is 2.54 bits per heavy atom. The van der Waals surface area contributed by atoms with Crippen LogP contribution in [-0.2, 0) is 16.1 Å². The molecule has 0 fully saturated rings. The molecule has 1 aromatic carbocycles. The summed E-state index contributed by atoms with van der Waals surface area (Å²) in [6.07, 6.45) is 1.50. The molecule has 0 saturated carbocycles. The van der Waals surface area contributed by atoms with Gasteiger partial charge in [0.15, 0.2) is 0 Å². The van der Waals surface area contributed by atoms with Crippen LogP contribution in [0.1, 0.15) is 44.5 Å². The lowest BCUT2D eigenvalue weighted by atomic mass is 10.0. The Labute approximate surface area is 176 Å². The van der Waals surface area contributed by atoms with Crippen LogP contribution in [-0.4, -0.2) is 32.9 Å². The Morgan fingerprint density at radius 2 is 1.96 bits per heavy atom. The van der Waals surface area contributed by atoms with Crippen molar-refractivity contribution in [2.24, 2.45) is 5.92 Å². The topological polar surface area (TPSA) is 109 Å². The van der Waals surface area contributed by atoms with Crippen LogP contribution in [0.3, 0.4) is 0 Å². The monoisotopic (exact) mass is 498 g/mol. The lowest BCUT2D eigenvalue weighted by Crippen LogP contribution is -2.30. The molecule has 2 rings (SSSR count). The number of nitrogens with zero attached hydrogens (tertiary/aromatic N) is 1. The SMILES string of the molecule is C[C@H](CC(=N)C(=O)OC(C)(C)C)Cn1cc(C(=O)O)c(=O)c2cc(I)ccc21. The van der Waals surface area contributed by atoms with Crippen molar-refractivity contribution in [2.75, 3.05) is 0 Å². The van der Waals surface area contributed by atoms with E-state index in [1.54, 1.807) is 37.5 Å². The first kappa shape index (κ1) is 22.1. The summed E-state index contributed by atoms with van der Waals surface area (Å²) in [7, 11) is 0. The Hall–Kier alpha value is -2.23. The second-order valence-electron chi connectivity index (χ2n) is 7.78. The number of fused-ring (bicyclic) bond motifs is 1. The first-order valence-electron chi connectivity index (χ1n) is 8.76. The zero-order chi connectivity index (χ0) is 21.2. The number of carbonyl (C=O) groups is 2. The number of aromatic carboxylic acids is 1. The number of carboxylic acid groups (broad SMARTS) is 1. The van der Waals surface area contributed by atoms with Gasteiger partial charge in [-0.05, 0) is 67.5 Å². The highest BCUT2D eigenvalue weighted by molar-refractivity contribution is 14.1. The smallest absolute Gasteiger partial charge is 0.352 e. The fourth-order valence-corrected chi connectivity index (χ4v) is 3.34. The van der Waals surface area contributed by atoms with E-state index in [0.29, 0.717) is 17.4 Å². The lowest BCUT2D eigenvalue weighted by Gasteiger charge is -2.21. The van der Waals surface area contributed by atoms with Gasteiger partial charge in [0.1, 0.15) is 16.9 Å². The van der Waals surface area contributed by atoms with Gasteiger partial charge in [-0.3, -0.25) is 10.2 Å². The number of benzene rings is 1. The maximum atomic E-state index is 12.5. The highest BCUT2D eigenvalue weighted by atomic mass is 127. The van der Waals surface area contributed by atoms with E-state index in [1.165, 1.54) is 6.20 Å². The Balaban J connectivity index is 2.31. The zero-order valence-electron chi connectivity index (χ0n) is 16.2. The molecule has 2 N–H and O–H groups in total. The van der Waals surface area contributed by atoms with Gasteiger partial charge in [-0.2, -0.15) is 0 Å². The molecule has 0 aliphatic carbocycles. The van der Waals surface area contributed by atoms with Crippen LogP contribution < -0.4 is 5.43 Å². The molecule has 0 unspecified atom stereocenters. The van der Waals surface area contributed by atoms with Gasteiger partial charge in [0.05, 0.1) is 5.52 Å². The normalized spacial score (nSPS) is 12.6. The zero-order valence-corrected chi connectivity index (χ0v) is 18.4. The Morgan fingerprint density at radius 1 is 1.32 bits per heavy atom. The molecule has 0 amide bonds. The highest BCUT2D eigenvalue weighted by Crippen LogP contribution is 2.19. The summed E-state index contributed by atoms with van der Waals surface area (Å²) in [4.78, 5) is 36.0. The van der Waals surface area contributed by atoms with Gasteiger partial charge in [0.25, 0.3) is 0 Å². The standard InChI is InChI=1S/C20H23IN2O5/c1-11(7-15(22)19(27)28-20(2,3)4)9-23-10-14(18(25)26)17(24)13-8-12(21)5-6-16(13)23/h5-6,8,10-11,22H,7,9H2,1-4H3,(H,25,26)/t11-/m1/s1. The molecule has 0 saturated heterocycles. The number of halogens is 1. The van der Waals surface area contributed by atoms with Crippen LogP contribution in [0.5, 0.6) is 0 Å². The maximum Gasteiger partial charge on any atom is 0.352 e. The van der Waals surface area contributed by atoms with Crippen LogP contribution in [0.2, 0.25) is 0 Å². The Bertz CT molecular complexity index is 1000. The summed E-state index contributed by atoms with van der Waals surface area (Å²) in [5.41, 5.74) is -1.02. The number of carboxylic acids is 1. The van der Waals surface area contributed by atoms with Gasteiger partial charge < -0.3 is 14.4 Å². The van der Waals surface area contributed by atoms with E-state index in [4.69, 9.17) is 10.1 Å². The van der Waals surface area contributed by atoms with E-state index in [9.17, 15) is 19.5 Å². The second-order valence-corrected chi connectivity index (χ2v) is 9.03. The molecule has 8 heteroatoms. The van der Waals surface area contributed by atoms with Crippen molar-refractivity contribution in [1.82, 2.24) is 4.57 Å². The van der Waals surface area contributed by atoms with Gasteiger partial charge >= 0.3 is 11.9 Å². The molecule has 0 radical (unpaired) electrons. The predicted octanol–water partition coefficient (Wildman–Crippen LogP) is 3.69. The number of carbonyl (C=O) groups excluding carboxylic acids is 1. The van der Waals surface area contributed by atoms with E-state index in [-0.39, 0.29) is 23.6 Å². The molecule has 150 valence electrons. The molecule has 0 aliphatic heterocycles. The van der Waals surface area contributed by atoms with Crippen molar-refractivity contribution >= 4 is 51.1 Å². The third-order valence-electron chi connectivity index (χ3n) is 3.98. The number of nitrogens with one attached hydrogen (secondary N) is 1. The predicted molar refractivity (Wildman–Crippen MR) is 115 cm³/mol. The number of hydrogen-bond acceptors (Lipinski definition) is 5. The van der Waals surface area contributed by atoms with Crippen LogP contribution in [0, 0.1) is 14.9 Å². The largest absolute Gasteiger partial charge is 0.477 e. The Kier molecular flexibility index (Phi) is 6.63. The van der Waals surface area contributed by atoms with E-state index >= 15 is 0 Å². The number of ether oxygens (including phenoxy) is 1. The molecule has 1 heterocycles. The fraction of sp³-hybridized carbons (Fsp3) is 0.400. The van der Waals surface area contributed by atoms with Crippen molar-refractivity contribution in [3.8, 4) is 0 Å². The number of hydrogen-bond donors (Lipinski definition) is 2. The van der Waals surface area contributed by atoms with Crippen LogP contribution in [0.4, 0.5) is 0 Å². The van der Waals surface area contributed by atoms with Gasteiger partial charge in [-0.1, -0.05) is 6.92 Å². The first-order chi connectivity index (χ1) is 12.9. The van der Waals surface area contributed by atoms with Crippen molar-refractivity contribution < 1.29 is 19.4 Å². The fourth-order valence-electron chi connectivity index (χ4n) is 2.84. The molecule has 1 atom stereocenters. The average molecular weight is 498 g/mol. The summed E-state index contributed by atoms with van der Waals surface area (Å²) < 4.78 is 7.74. The van der Waals surface area contributed by atoms with Gasteiger partial charge in [-0.15, -0.1) is 0 Å². The highest BCUT2D eigenvalue weighted by Gasteiger charge is 2.22. The van der Waals surface area contributed by atoms with Crippen molar-refractivity contribution in [3.05, 3.63) is 43.8 Å². The number of pyridine rings is 1. The van der Waals surface area contributed by atoms with Crippen molar-refractivity contribution in [1.29, 1.82) is 5.41 Å². The van der Waals surface area contributed by atoms with E-state index in [0.717, 1.165) is 3.57 Å². The molecule has 7 nitrogen and oxygen atoms in total. The summed E-state index contributed by atoms with van der Waals surface area (Å²) in [6.45, 7) is 7.42. The number of esters is 1. The second kappa shape index (κ2) is 8.42. The molecular weight excluding hydrogens is 475 g/mol. The van der Waals surface area contributed by atoms with Crippen LogP contribution in [0.15, 0.2) is 29.2 Å². The summed E-state index contributed by atoms with van der Waals surface area (Å²) >= 11 is 2.07. The van der Waals surface area contributed by atoms with Crippen molar-refractivity contribution in [2.45, 2.75) is 46.3 Å². The minimum Gasteiger partial charge on any atom is -0.477 e. The van der Waals surface area contributed by atoms with E-state index in [1.807, 2.05) is 13.0 Å². The number of rotatable bonds is 6. The molecule has 0 aliphatic rings. The molecule has 28 heavy (non-hydrogen) atoms. The van der Waals surface area contributed by atoms with Gasteiger partial charge in [0, 0.05) is 28.1 Å². The molecule has 2 aromatic rings. The summed E-state index contributed by atoms with van der Waals surface area (Å²) in [6, 6.07) is 5.28. The minimum absolute atomic E-state index is 0.138. The quantitative estimate of drug-likeness (QED) is 0.359.